The third-order valence-corrected chi connectivity index (χ3v) is 4.50. The monoisotopic (exact) mass is 334 g/mol. The van der Waals surface area contributed by atoms with Crippen molar-refractivity contribution in [2.24, 2.45) is 0 Å². The molecule has 4 atom stereocenters. The Morgan fingerprint density at radius 2 is 1.71 bits per heavy atom. The summed E-state index contributed by atoms with van der Waals surface area (Å²) in [5.41, 5.74) is 0.843. The van der Waals surface area contributed by atoms with Crippen LogP contribution in [0.3, 0.4) is 0 Å². The molecule has 0 radical (unpaired) electrons. The average Bonchev–Trinajstić information content (AvgIpc) is 2.60. The lowest BCUT2D eigenvalue weighted by Crippen LogP contribution is -2.38. The van der Waals surface area contributed by atoms with Gasteiger partial charge in [0.25, 0.3) is 0 Å². The van der Waals surface area contributed by atoms with Gasteiger partial charge in [0, 0.05) is 0 Å². The number of methoxy groups -OCH3 is 1. The first-order chi connectivity index (χ1) is 11.7. The van der Waals surface area contributed by atoms with Crippen LogP contribution in [0.25, 0.3) is 0 Å². The molecule has 0 aromatic heterocycles. The molecule has 1 saturated heterocycles. The first-order valence-electron chi connectivity index (χ1n) is 9.11. The lowest BCUT2D eigenvalue weighted by molar-refractivity contribution is -0.171. The largest absolute Gasteiger partial charge is 0.467 e. The predicted octanol–water partition coefficient (Wildman–Crippen LogP) is 4.43. The van der Waals surface area contributed by atoms with Gasteiger partial charge in [0.1, 0.15) is 0 Å². The molecule has 1 heterocycles. The zero-order valence-corrected chi connectivity index (χ0v) is 15.1. The fraction of sp³-hybridized carbons (Fsp3) is 0.650. The molecule has 2 rings (SSSR count). The highest BCUT2D eigenvalue weighted by molar-refractivity contribution is 5.76. The Labute approximate surface area is 145 Å². The van der Waals surface area contributed by atoms with Gasteiger partial charge in [-0.1, -0.05) is 57.0 Å². The second-order valence-corrected chi connectivity index (χ2v) is 6.50. The molecule has 0 spiro atoms. The normalized spacial score (nSPS) is 25.2. The molecular formula is C20H30O4. The van der Waals surface area contributed by atoms with E-state index in [4.69, 9.17) is 14.2 Å². The lowest BCUT2D eigenvalue weighted by atomic mass is 9.95. The minimum atomic E-state index is -0.663. The van der Waals surface area contributed by atoms with Crippen LogP contribution in [-0.4, -0.2) is 31.4 Å². The van der Waals surface area contributed by atoms with Crippen molar-refractivity contribution in [2.75, 3.05) is 7.11 Å². The summed E-state index contributed by atoms with van der Waals surface area (Å²) < 4.78 is 17.4. The van der Waals surface area contributed by atoms with Crippen molar-refractivity contribution in [1.29, 1.82) is 0 Å². The van der Waals surface area contributed by atoms with E-state index in [1.54, 1.807) is 0 Å². The highest BCUT2D eigenvalue weighted by Gasteiger charge is 2.33. The fourth-order valence-electron chi connectivity index (χ4n) is 3.39. The first-order valence-corrected chi connectivity index (χ1v) is 9.11. The number of carbonyl (C=O) groups excluding carboxylic acids is 1. The van der Waals surface area contributed by atoms with Crippen molar-refractivity contribution < 1.29 is 19.0 Å². The smallest absolute Gasteiger partial charge is 0.339 e. The molecule has 4 nitrogen and oxygen atoms in total. The summed E-state index contributed by atoms with van der Waals surface area (Å²) in [6.07, 6.45) is 5.74. The van der Waals surface area contributed by atoms with Crippen LogP contribution >= 0.6 is 0 Å². The zero-order valence-electron chi connectivity index (χ0n) is 15.1. The maximum Gasteiger partial charge on any atom is 0.339 e. The second-order valence-electron chi connectivity index (χ2n) is 6.50. The molecule has 1 aromatic rings. The SMILES string of the molecule is CCC[C@@H]1CC(OC(C(=O)OC)c2ccccc2)C[C@H](CCC)O1. The molecule has 2 unspecified atom stereocenters. The third-order valence-electron chi connectivity index (χ3n) is 4.50. The zero-order chi connectivity index (χ0) is 17.4. The number of hydrogen-bond donors (Lipinski definition) is 0. The molecule has 1 aliphatic heterocycles. The number of rotatable bonds is 8. The number of benzene rings is 1. The van der Waals surface area contributed by atoms with Gasteiger partial charge in [-0.3, -0.25) is 0 Å². The number of carbonyl (C=O) groups is 1. The summed E-state index contributed by atoms with van der Waals surface area (Å²) in [7, 11) is 1.41. The van der Waals surface area contributed by atoms with E-state index in [9.17, 15) is 4.79 Å². The Kier molecular flexibility index (Phi) is 7.73. The van der Waals surface area contributed by atoms with Crippen molar-refractivity contribution in [3.05, 3.63) is 35.9 Å². The highest BCUT2D eigenvalue weighted by atomic mass is 16.6. The summed E-state index contributed by atoms with van der Waals surface area (Å²) in [6.45, 7) is 4.34. The van der Waals surface area contributed by atoms with Crippen molar-refractivity contribution in [1.82, 2.24) is 0 Å². The van der Waals surface area contributed by atoms with Crippen LogP contribution in [0, 0.1) is 0 Å². The molecule has 0 aliphatic carbocycles. The Bertz CT molecular complexity index is 474. The van der Waals surface area contributed by atoms with Crippen LogP contribution in [-0.2, 0) is 19.0 Å². The van der Waals surface area contributed by atoms with Gasteiger partial charge in [0.2, 0.25) is 0 Å². The van der Waals surface area contributed by atoms with Crippen LogP contribution < -0.4 is 0 Å². The molecule has 1 fully saturated rings. The van der Waals surface area contributed by atoms with E-state index in [2.05, 4.69) is 13.8 Å². The first kappa shape index (κ1) is 18.9. The summed E-state index contributed by atoms with van der Waals surface area (Å²) in [5.74, 6) is -0.341. The number of ether oxygens (including phenoxy) is 3. The van der Waals surface area contributed by atoms with Gasteiger partial charge in [0.15, 0.2) is 6.10 Å². The molecule has 134 valence electrons. The van der Waals surface area contributed by atoms with Gasteiger partial charge in [-0.15, -0.1) is 0 Å². The standard InChI is InChI=1S/C20H30O4/c1-4-9-16-13-18(14-17(23-16)10-5-2)24-19(20(21)22-3)15-11-7-6-8-12-15/h6-8,11-12,16-19H,4-5,9-10,13-14H2,1-3H3/t16-,17+,18?,19?. The van der Waals surface area contributed by atoms with E-state index < -0.39 is 6.10 Å². The van der Waals surface area contributed by atoms with Crippen molar-refractivity contribution in [3.63, 3.8) is 0 Å². The van der Waals surface area contributed by atoms with Gasteiger partial charge in [-0.2, -0.15) is 0 Å². The molecule has 4 heteroatoms. The van der Waals surface area contributed by atoms with Crippen LogP contribution in [0.2, 0.25) is 0 Å². The van der Waals surface area contributed by atoms with Crippen molar-refractivity contribution in [2.45, 2.75) is 76.8 Å². The Balaban J connectivity index is 2.09. The third kappa shape index (κ3) is 5.32. The van der Waals surface area contributed by atoms with Crippen molar-refractivity contribution >= 4 is 5.97 Å². The molecule has 24 heavy (non-hydrogen) atoms. The molecular weight excluding hydrogens is 304 g/mol. The van der Waals surface area contributed by atoms with Gasteiger partial charge in [-0.25, -0.2) is 4.79 Å². The second kappa shape index (κ2) is 9.80. The minimum Gasteiger partial charge on any atom is -0.467 e. The topological polar surface area (TPSA) is 44.8 Å². The van der Waals surface area contributed by atoms with Crippen LogP contribution in [0.4, 0.5) is 0 Å². The maximum absolute atomic E-state index is 12.2. The van der Waals surface area contributed by atoms with Gasteiger partial charge >= 0.3 is 5.97 Å². The number of esters is 1. The quantitative estimate of drug-likeness (QED) is 0.660. The Morgan fingerprint density at radius 1 is 1.12 bits per heavy atom. The van der Waals surface area contributed by atoms with Crippen LogP contribution in [0.5, 0.6) is 0 Å². The molecule has 1 aliphatic rings. The van der Waals surface area contributed by atoms with E-state index >= 15 is 0 Å². The lowest BCUT2D eigenvalue weighted by Gasteiger charge is -2.36. The minimum absolute atomic E-state index is 0.0242. The average molecular weight is 334 g/mol. The predicted molar refractivity (Wildman–Crippen MR) is 93.8 cm³/mol. The molecule has 0 saturated carbocycles. The summed E-state index contributed by atoms with van der Waals surface area (Å²) >= 11 is 0. The maximum atomic E-state index is 12.2. The van der Waals surface area contributed by atoms with Gasteiger partial charge in [0.05, 0.1) is 25.4 Å². The number of hydrogen-bond acceptors (Lipinski definition) is 4. The summed E-state index contributed by atoms with van der Waals surface area (Å²) in [6, 6.07) is 9.58. The van der Waals surface area contributed by atoms with E-state index in [1.165, 1.54) is 7.11 Å². The molecule has 1 aromatic carbocycles. The van der Waals surface area contributed by atoms with Crippen LogP contribution in [0.15, 0.2) is 30.3 Å². The molecule has 0 bridgehead atoms. The summed E-state index contributed by atoms with van der Waals surface area (Å²) in [5, 5.41) is 0. The summed E-state index contributed by atoms with van der Waals surface area (Å²) in [4.78, 5) is 12.2. The molecule has 0 N–H and O–H groups in total. The fourth-order valence-corrected chi connectivity index (χ4v) is 3.39. The van der Waals surface area contributed by atoms with E-state index in [-0.39, 0.29) is 24.3 Å². The van der Waals surface area contributed by atoms with E-state index in [0.29, 0.717) is 0 Å². The Morgan fingerprint density at radius 3 is 2.21 bits per heavy atom. The van der Waals surface area contributed by atoms with Crippen LogP contribution in [0.1, 0.15) is 64.0 Å². The van der Waals surface area contributed by atoms with E-state index in [0.717, 1.165) is 44.1 Å². The van der Waals surface area contributed by atoms with Crippen molar-refractivity contribution in [3.8, 4) is 0 Å². The highest BCUT2D eigenvalue weighted by Crippen LogP contribution is 2.31. The van der Waals surface area contributed by atoms with E-state index in [1.807, 2.05) is 30.3 Å². The Hall–Kier alpha value is -1.39. The molecule has 0 amide bonds. The van der Waals surface area contributed by atoms with Gasteiger partial charge < -0.3 is 14.2 Å². The van der Waals surface area contributed by atoms with Gasteiger partial charge in [-0.05, 0) is 31.2 Å².